The van der Waals surface area contributed by atoms with Crippen LogP contribution in [-0.2, 0) is 10.2 Å². The van der Waals surface area contributed by atoms with Gasteiger partial charge in [-0.3, -0.25) is 4.79 Å². The van der Waals surface area contributed by atoms with E-state index < -0.39 is 11.4 Å². The van der Waals surface area contributed by atoms with Gasteiger partial charge in [-0.15, -0.1) is 0 Å². The minimum atomic E-state index is -0.703. The van der Waals surface area contributed by atoms with Crippen molar-refractivity contribution in [1.29, 1.82) is 0 Å². The fourth-order valence-electron chi connectivity index (χ4n) is 3.19. The van der Waals surface area contributed by atoms with Crippen molar-refractivity contribution in [3.8, 4) is 5.75 Å². The zero-order chi connectivity index (χ0) is 14.0. The van der Waals surface area contributed by atoms with Gasteiger partial charge in [0.2, 0.25) is 0 Å². The predicted molar refractivity (Wildman–Crippen MR) is 74.7 cm³/mol. The standard InChI is InChI=1S/C16H22O3/c1-4-5-12-9-16(10-12,15(17)18)13-7-6-11(2)14(8-13)19-3/h6-8,12H,4-5,9-10H2,1-3H3,(H,17,18). The minimum Gasteiger partial charge on any atom is -0.496 e. The molecule has 1 aromatic carbocycles. The highest BCUT2D eigenvalue weighted by molar-refractivity contribution is 5.83. The average Bonchev–Trinajstić information content (AvgIpc) is 2.33. The Morgan fingerprint density at radius 2 is 2.16 bits per heavy atom. The van der Waals surface area contributed by atoms with Crippen LogP contribution >= 0.6 is 0 Å². The highest BCUT2D eigenvalue weighted by Gasteiger charge is 2.51. The van der Waals surface area contributed by atoms with Gasteiger partial charge in [0.1, 0.15) is 5.75 Å². The van der Waals surface area contributed by atoms with Gasteiger partial charge in [0.05, 0.1) is 12.5 Å². The van der Waals surface area contributed by atoms with Gasteiger partial charge >= 0.3 is 5.97 Å². The average molecular weight is 262 g/mol. The number of hydrogen-bond acceptors (Lipinski definition) is 2. The Hall–Kier alpha value is -1.51. The molecule has 0 unspecified atom stereocenters. The zero-order valence-electron chi connectivity index (χ0n) is 11.9. The van der Waals surface area contributed by atoms with Crippen molar-refractivity contribution in [3.63, 3.8) is 0 Å². The van der Waals surface area contributed by atoms with Crippen molar-refractivity contribution in [2.45, 2.75) is 44.9 Å². The van der Waals surface area contributed by atoms with Crippen LogP contribution in [0.25, 0.3) is 0 Å². The van der Waals surface area contributed by atoms with Crippen molar-refractivity contribution >= 4 is 5.97 Å². The monoisotopic (exact) mass is 262 g/mol. The van der Waals surface area contributed by atoms with Crippen LogP contribution in [0.5, 0.6) is 5.75 Å². The van der Waals surface area contributed by atoms with Crippen LogP contribution in [0, 0.1) is 12.8 Å². The largest absolute Gasteiger partial charge is 0.496 e. The van der Waals surface area contributed by atoms with E-state index >= 15 is 0 Å². The predicted octanol–water partition coefficient (Wildman–Crippen LogP) is 3.54. The Morgan fingerprint density at radius 3 is 2.68 bits per heavy atom. The third kappa shape index (κ3) is 2.34. The fourth-order valence-corrected chi connectivity index (χ4v) is 3.19. The van der Waals surface area contributed by atoms with Crippen molar-refractivity contribution in [2.24, 2.45) is 5.92 Å². The lowest BCUT2D eigenvalue weighted by Crippen LogP contribution is -2.47. The molecular formula is C16H22O3. The molecule has 0 radical (unpaired) electrons. The number of aliphatic carboxylic acids is 1. The minimum absolute atomic E-state index is 0.549. The molecule has 1 saturated carbocycles. The zero-order valence-corrected chi connectivity index (χ0v) is 11.9. The highest BCUT2D eigenvalue weighted by Crippen LogP contribution is 2.50. The number of ether oxygens (including phenoxy) is 1. The van der Waals surface area contributed by atoms with Crippen LogP contribution in [0.3, 0.4) is 0 Å². The first-order chi connectivity index (χ1) is 9.03. The summed E-state index contributed by atoms with van der Waals surface area (Å²) < 4.78 is 5.31. The van der Waals surface area contributed by atoms with Crippen LogP contribution < -0.4 is 4.74 Å². The van der Waals surface area contributed by atoms with Crippen molar-refractivity contribution in [1.82, 2.24) is 0 Å². The molecule has 0 heterocycles. The molecule has 19 heavy (non-hydrogen) atoms. The van der Waals surface area contributed by atoms with Crippen LogP contribution in [-0.4, -0.2) is 18.2 Å². The Morgan fingerprint density at radius 1 is 1.47 bits per heavy atom. The van der Waals surface area contributed by atoms with Gasteiger partial charge in [-0.05, 0) is 42.9 Å². The Bertz CT molecular complexity index is 473. The number of aryl methyl sites for hydroxylation is 1. The summed E-state index contributed by atoms with van der Waals surface area (Å²) in [6, 6.07) is 5.78. The van der Waals surface area contributed by atoms with E-state index in [1.807, 2.05) is 25.1 Å². The molecule has 1 aliphatic rings. The normalized spacial score (nSPS) is 25.7. The summed E-state index contributed by atoms with van der Waals surface area (Å²) >= 11 is 0. The molecule has 1 N–H and O–H groups in total. The first-order valence-electron chi connectivity index (χ1n) is 6.92. The first kappa shape index (κ1) is 13.9. The lowest BCUT2D eigenvalue weighted by molar-refractivity contribution is -0.150. The van der Waals surface area contributed by atoms with E-state index in [0.717, 1.165) is 42.6 Å². The van der Waals surface area contributed by atoms with Gasteiger partial charge in [0.15, 0.2) is 0 Å². The molecule has 0 aromatic heterocycles. The van der Waals surface area contributed by atoms with E-state index in [1.165, 1.54) is 0 Å². The number of benzene rings is 1. The van der Waals surface area contributed by atoms with Crippen LogP contribution in [0.15, 0.2) is 18.2 Å². The summed E-state index contributed by atoms with van der Waals surface area (Å²) in [5.74, 6) is 0.622. The Kier molecular flexibility index (Phi) is 3.83. The third-order valence-corrected chi connectivity index (χ3v) is 4.34. The van der Waals surface area contributed by atoms with Gasteiger partial charge < -0.3 is 9.84 Å². The lowest BCUT2D eigenvalue weighted by atomic mass is 9.57. The molecule has 0 aliphatic heterocycles. The maximum Gasteiger partial charge on any atom is 0.314 e. The molecule has 3 heteroatoms. The Balaban J connectivity index is 2.29. The molecule has 104 valence electrons. The third-order valence-electron chi connectivity index (χ3n) is 4.34. The van der Waals surface area contributed by atoms with Gasteiger partial charge in [-0.1, -0.05) is 31.9 Å². The van der Waals surface area contributed by atoms with Crippen molar-refractivity contribution in [2.75, 3.05) is 7.11 Å². The molecule has 0 amide bonds. The summed E-state index contributed by atoms with van der Waals surface area (Å²) in [6.45, 7) is 4.12. The SMILES string of the molecule is CCCC1CC(C(=O)O)(c2ccc(C)c(OC)c2)C1. The molecular weight excluding hydrogens is 240 g/mol. The highest BCUT2D eigenvalue weighted by atomic mass is 16.5. The summed E-state index contributed by atoms with van der Waals surface area (Å²) in [5, 5.41) is 9.62. The Labute approximate surface area is 114 Å². The molecule has 0 spiro atoms. The van der Waals surface area contributed by atoms with Crippen LogP contribution in [0.2, 0.25) is 0 Å². The van der Waals surface area contributed by atoms with E-state index in [0.29, 0.717) is 5.92 Å². The van der Waals surface area contributed by atoms with E-state index in [4.69, 9.17) is 4.74 Å². The summed E-state index contributed by atoms with van der Waals surface area (Å²) in [5.41, 5.74) is 1.23. The summed E-state index contributed by atoms with van der Waals surface area (Å²) in [6.07, 6.45) is 3.75. The second-order valence-electron chi connectivity index (χ2n) is 5.63. The maximum absolute atomic E-state index is 11.7. The van der Waals surface area contributed by atoms with E-state index in [1.54, 1.807) is 7.11 Å². The second kappa shape index (κ2) is 5.24. The fraction of sp³-hybridized carbons (Fsp3) is 0.562. The maximum atomic E-state index is 11.7. The number of hydrogen-bond donors (Lipinski definition) is 1. The lowest BCUT2D eigenvalue weighted by Gasteiger charge is -2.45. The van der Waals surface area contributed by atoms with Crippen LogP contribution in [0.1, 0.15) is 43.7 Å². The first-order valence-corrected chi connectivity index (χ1v) is 6.92. The molecule has 2 rings (SSSR count). The smallest absolute Gasteiger partial charge is 0.314 e. The quantitative estimate of drug-likeness (QED) is 0.883. The summed E-state index contributed by atoms with van der Waals surface area (Å²) in [4.78, 5) is 11.7. The van der Waals surface area contributed by atoms with Gasteiger partial charge in [0.25, 0.3) is 0 Å². The van der Waals surface area contributed by atoms with Gasteiger partial charge in [0, 0.05) is 0 Å². The number of carboxylic acids is 1. The van der Waals surface area contributed by atoms with Crippen molar-refractivity contribution < 1.29 is 14.6 Å². The number of carbonyl (C=O) groups is 1. The van der Waals surface area contributed by atoms with E-state index in [2.05, 4.69) is 6.92 Å². The molecule has 0 atom stereocenters. The molecule has 3 nitrogen and oxygen atoms in total. The van der Waals surface area contributed by atoms with Gasteiger partial charge in [-0.2, -0.15) is 0 Å². The second-order valence-corrected chi connectivity index (χ2v) is 5.63. The molecule has 1 aliphatic carbocycles. The molecule has 0 saturated heterocycles. The number of rotatable bonds is 5. The number of methoxy groups -OCH3 is 1. The van der Waals surface area contributed by atoms with Crippen LogP contribution in [0.4, 0.5) is 0 Å². The topological polar surface area (TPSA) is 46.5 Å². The van der Waals surface area contributed by atoms with E-state index in [9.17, 15) is 9.90 Å². The number of carboxylic acid groups (broad SMARTS) is 1. The van der Waals surface area contributed by atoms with Crippen molar-refractivity contribution in [3.05, 3.63) is 29.3 Å². The molecule has 1 aromatic rings. The van der Waals surface area contributed by atoms with Gasteiger partial charge in [-0.25, -0.2) is 0 Å². The summed E-state index contributed by atoms with van der Waals surface area (Å²) in [7, 11) is 1.63. The molecule has 1 fully saturated rings. The van der Waals surface area contributed by atoms with E-state index in [-0.39, 0.29) is 0 Å². The molecule has 0 bridgehead atoms.